The highest BCUT2D eigenvalue weighted by molar-refractivity contribution is 6.02. The molecule has 0 atom stereocenters. The minimum Gasteiger partial charge on any atom is -0.497 e. The Morgan fingerprint density at radius 2 is 2.25 bits per heavy atom. The van der Waals surface area contributed by atoms with Gasteiger partial charge < -0.3 is 4.74 Å². The molecule has 1 aliphatic rings. The van der Waals surface area contributed by atoms with Crippen LogP contribution in [0.15, 0.2) is 23.3 Å². The van der Waals surface area contributed by atoms with Crippen LogP contribution in [-0.4, -0.2) is 17.9 Å². The smallest absolute Gasteiger partial charge is 0.191 e. The summed E-state index contributed by atoms with van der Waals surface area (Å²) in [5.74, 6) is 0.779. The lowest BCUT2D eigenvalue weighted by Gasteiger charge is -2.16. The summed E-state index contributed by atoms with van der Waals surface area (Å²) in [5.41, 5.74) is 2.52. The van der Waals surface area contributed by atoms with Crippen molar-refractivity contribution in [1.29, 1.82) is 0 Å². The molecule has 0 amide bonds. The lowest BCUT2D eigenvalue weighted by Crippen LogP contribution is -2.13. The zero-order valence-electron chi connectivity index (χ0n) is 8.97. The fourth-order valence-corrected chi connectivity index (χ4v) is 1.97. The molecule has 5 nitrogen and oxygen atoms in total. The first kappa shape index (κ1) is 10.6. The average Bonchev–Trinajstić information content (AvgIpc) is 2.28. The predicted octanol–water partition coefficient (Wildman–Crippen LogP) is 2.01. The van der Waals surface area contributed by atoms with E-state index in [-0.39, 0.29) is 0 Å². The van der Waals surface area contributed by atoms with Crippen molar-refractivity contribution in [3.8, 4) is 5.75 Å². The van der Waals surface area contributed by atoms with Crippen LogP contribution in [-0.2, 0) is 6.42 Å². The van der Waals surface area contributed by atoms with Crippen LogP contribution in [0, 0.1) is 10.1 Å². The molecule has 0 saturated carbocycles. The van der Waals surface area contributed by atoms with Crippen molar-refractivity contribution < 1.29 is 9.77 Å². The first-order chi connectivity index (χ1) is 7.70. The van der Waals surface area contributed by atoms with E-state index >= 15 is 0 Å². The molecule has 0 unspecified atom stereocenters. The van der Waals surface area contributed by atoms with Gasteiger partial charge in [-0.1, -0.05) is 0 Å². The van der Waals surface area contributed by atoms with Crippen LogP contribution in [0.1, 0.15) is 24.0 Å². The third kappa shape index (κ3) is 2.03. The topological polar surface area (TPSA) is 64.7 Å². The number of hydrazone groups is 1. The standard InChI is InChI=1S/C11H12N2O3/c1-16-9-5-6-10-8(7-9)3-2-4-11(10)12-13(14)15/h5-7H,2-4H2,1H3/b12-11+. The van der Waals surface area contributed by atoms with Crippen LogP contribution in [0.2, 0.25) is 0 Å². The molecule has 0 saturated heterocycles. The van der Waals surface area contributed by atoms with Crippen molar-refractivity contribution in [3.63, 3.8) is 0 Å². The van der Waals surface area contributed by atoms with Crippen LogP contribution >= 0.6 is 0 Å². The van der Waals surface area contributed by atoms with E-state index in [1.54, 1.807) is 13.2 Å². The maximum atomic E-state index is 10.4. The molecule has 0 heterocycles. The second-order valence-electron chi connectivity index (χ2n) is 3.66. The van der Waals surface area contributed by atoms with E-state index in [1.165, 1.54) is 0 Å². The molecule has 1 aromatic carbocycles. The van der Waals surface area contributed by atoms with Crippen molar-refractivity contribution in [2.45, 2.75) is 19.3 Å². The van der Waals surface area contributed by atoms with E-state index in [2.05, 4.69) is 5.10 Å². The second kappa shape index (κ2) is 4.30. The molecule has 1 aromatic rings. The summed E-state index contributed by atoms with van der Waals surface area (Å²) in [6.07, 6.45) is 2.48. The Morgan fingerprint density at radius 3 is 2.94 bits per heavy atom. The van der Waals surface area contributed by atoms with Gasteiger partial charge in [-0.25, -0.2) is 10.1 Å². The number of hydrogen-bond donors (Lipinski definition) is 0. The van der Waals surface area contributed by atoms with Gasteiger partial charge in [0, 0.05) is 5.56 Å². The fraction of sp³-hybridized carbons (Fsp3) is 0.364. The predicted molar refractivity (Wildman–Crippen MR) is 59.5 cm³/mol. The Morgan fingerprint density at radius 1 is 1.44 bits per heavy atom. The number of benzene rings is 1. The third-order valence-corrected chi connectivity index (χ3v) is 2.69. The maximum Gasteiger partial charge on any atom is 0.191 e. The number of methoxy groups -OCH3 is 1. The van der Waals surface area contributed by atoms with Gasteiger partial charge in [0.15, 0.2) is 5.03 Å². The number of aryl methyl sites for hydroxylation is 1. The SMILES string of the molecule is COc1ccc2c(c1)CCC/C2=N\[N+](=O)[O-]. The Kier molecular flexibility index (Phi) is 2.85. The Balaban J connectivity index is 2.43. The van der Waals surface area contributed by atoms with E-state index in [9.17, 15) is 10.1 Å². The second-order valence-corrected chi connectivity index (χ2v) is 3.66. The Bertz CT molecular complexity index is 455. The van der Waals surface area contributed by atoms with Gasteiger partial charge in [-0.05, 0) is 43.0 Å². The fourth-order valence-electron chi connectivity index (χ4n) is 1.97. The number of ether oxygens (including phenoxy) is 1. The van der Waals surface area contributed by atoms with Gasteiger partial charge in [0.05, 0.1) is 12.2 Å². The lowest BCUT2D eigenvalue weighted by molar-refractivity contribution is -0.485. The third-order valence-electron chi connectivity index (χ3n) is 2.69. The summed E-state index contributed by atoms with van der Waals surface area (Å²) < 4.78 is 5.12. The summed E-state index contributed by atoms with van der Waals surface area (Å²) in [7, 11) is 1.61. The molecular formula is C11H12N2O3. The van der Waals surface area contributed by atoms with E-state index < -0.39 is 5.03 Å². The van der Waals surface area contributed by atoms with Crippen molar-refractivity contribution in [1.82, 2.24) is 0 Å². The molecule has 1 aliphatic carbocycles. The van der Waals surface area contributed by atoms with E-state index in [4.69, 9.17) is 4.74 Å². The lowest BCUT2D eigenvalue weighted by atomic mass is 9.90. The summed E-state index contributed by atoms with van der Waals surface area (Å²) >= 11 is 0. The monoisotopic (exact) mass is 220 g/mol. The van der Waals surface area contributed by atoms with Crippen molar-refractivity contribution in [2.24, 2.45) is 5.10 Å². The summed E-state index contributed by atoms with van der Waals surface area (Å²) in [6.45, 7) is 0. The highest BCUT2D eigenvalue weighted by atomic mass is 16.7. The molecule has 0 fully saturated rings. The van der Waals surface area contributed by atoms with Crippen LogP contribution in [0.5, 0.6) is 5.75 Å². The number of nitro groups is 1. The van der Waals surface area contributed by atoms with Gasteiger partial charge in [0.1, 0.15) is 11.5 Å². The Labute approximate surface area is 92.9 Å². The van der Waals surface area contributed by atoms with Crippen molar-refractivity contribution in [2.75, 3.05) is 7.11 Å². The average molecular weight is 220 g/mol. The van der Waals surface area contributed by atoms with Gasteiger partial charge in [-0.15, -0.1) is 0 Å². The van der Waals surface area contributed by atoms with Gasteiger partial charge in [-0.3, -0.25) is 0 Å². The quantitative estimate of drug-likeness (QED) is 0.565. The number of rotatable bonds is 2. The highest BCUT2D eigenvalue weighted by Crippen LogP contribution is 2.25. The van der Waals surface area contributed by atoms with Crippen molar-refractivity contribution >= 4 is 5.71 Å². The molecule has 0 spiro atoms. The molecule has 84 valence electrons. The molecule has 5 heteroatoms. The number of hydrogen-bond acceptors (Lipinski definition) is 3. The molecular weight excluding hydrogens is 208 g/mol. The van der Waals surface area contributed by atoms with Gasteiger partial charge in [0.25, 0.3) is 0 Å². The summed E-state index contributed by atoms with van der Waals surface area (Å²) in [5, 5.41) is 13.2. The van der Waals surface area contributed by atoms with Gasteiger partial charge >= 0.3 is 0 Å². The minimum atomic E-state index is -0.630. The maximum absolute atomic E-state index is 10.4. The van der Waals surface area contributed by atoms with Crippen LogP contribution < -0.4 is 4.74 Å². The van der Waals surface area contributed by atoms with E-state index in [1.807, 2.05) is 12.1 Å². The molecule has 0 N–H and O–H groups in total. The van der Waals surface area contributed by atoms with Crippen LogP contribution in [0.25, 0.3) is 0 Å². The van der Waals surface area contributed by atoms with Gasteiger partial charge in [-0.2, -0.15) is 0 Å². The largest absolute Gasteiger partial charge is 0.497 e. The first-order valence-corrected chi connectivity index (χ1v) is 5.10. The highest BCUT2D eigenvalue weighted by Gasteiger charge is 2.18. The summed E-state index contributed by atoms with van der Waals surface area (Å²) in [6, 6.07) is 5.57. The van der Waals surface area contributed by atoms with E-state index in [0.29, 0.717) is 12.1 Å². The Hall–Kier alpha value is -1.91. The number of nitrogens with zero attached hydrogens (tertiary/aromatic N) is 2. The first-order valence-electron chi connectivity index (χ1n) is 5.10. The zero-order valence-corrected chi connectivity index (χ0v) is 8.97. The minimum absolute atomic E-state index is 0.564. The van der Waals surface area contributed by atoms with Crippen LogP contribution in [0.3, 0.4) is 0 Å². The number of fused-ring (bicyclic) bond motifs is 1. The van der Waals surface area contributed by atoms with E-state index in [0.717, 1.165) is 29.7 Å². The zero-order chi connectivity index (χ0) is 11.5. The molecule has 0 radical (unpaired) electrons. The van der Waals surface area contributed by atoms with Crippen LogP contribution in [0.4, 0.5) is 0 Å². The van der Waals surface area contributed by atoms with Crippen molar-refractivity contribution in [3.05, 3.63) is 39.4 Å². The normalized spacial score (nSPS) is 16.9. The molecule has 0 aliphatic heterocycles. The molecule has 0 aromatic heterocycles. The summed E-state index contributed by atoms with van der Waals surface area (Å²) in [4.78, 5) is 10.4. The molecule has 0 bridgehead atoms. The molecule has 16 heavy (non-hydrogen) atoms. The molecule has 2 rings (SSSR count). The van der Waals surface area contributed by atoms with Gasteiger partial charge in [0.2, 0.25) is 0 Å².